The molecule has 138 valence electrons. The van der Waals surface area contributed by atoms with E-state index in [9.17, 15) is 4.79 Å². The molecule has 0 aromatic heterocycles. The van der Waals surface area contributed by atoms with E-state index in [1.165, 1.54) is 5.56 Å². The van der Waals surface area contributed by atoms with E-state index in [0.29, 0.717) is 6.54 Å². The van der Waals surface area contributed by atoms with E-state index in [0.717, 1.165) is 57.8 Å². The van der Waals surface area contributed by atoms with Crippen molar-refractivity contribution in [3.05, 3.63) is 35.4 Å². The highest BCUT2D eigenvalue weighted by Gasteiger charge is 2.36. The van der Waals surface area contributed by atoms with Crippen molar-refractivity contribution >= 4 is 5.91 Å². The quantitative estimate of drug-likeness (QED) is 0.856. The van der Waals surface area contributed by atoms with Crippen LogP contribution in [0.1, 0.15) is 37.8 Å². The van der Waals surface area contributed by atoms with E-state index >= 15 is 0 Å². The molecule has 0 radical (unpaired) electrons. The fourth-order valence-electron chi connectivity index (χ4n) is 3.73. The van der Waals surface area contributed by atoms with Crippen molar-refractivity contribution in [1.82, 2.24) is 15.5 Å². The standard InChI is InChI=1S/C20H31N3O2/c1-20(2)8-3-9-21-18(20)19(24)22-14-16-4-6-17(7-5-16)15-23-10-12-25-13-11-23/h4-7,18,21H,3,8-15H2,1-2H3,(H,22,24). The normalized spacial score (nSPS) is 24.0. The Kier molecular flexibility index (Phi) is 6.10. The first-order valence-corrected chi connectivity index (χ1v) is 9.44. The zero-order chi connectivity index (χ0) is 17.7. The molecule has 5 nitrogen and oxygen atoms in total. The van der Waals surface area contributed by atoms with Crippen LogP contribution in [0.2, 0.25) is 0 Å². The van der Waals surface area contributed by atoms with Crippen LogP contribution in [0.4, 0.5) is 0 Å². The molecule has 0 spiro atoms. The predicted octanol–water partition coefficient (Wildman–Crippen LogP) is 1.91. The number of piperidine rings is 1. The number of benzene rings is 1. The SMILES string of the molecule is CC1(C)CCCNC1C(=O)NCc1ccc(CN2CCOCC2)cc1. The van der Waals surface area contributed by atoms with Gasteiger partial charge < -0.3 is 15.4 Å². The van der Waals surface area contributed by atoms with Crippen molar-refractivity contribution in [2.75, 3.05) is 32.8 Å². The zero-order valence-electron chi connectivity index (χ0n) is 15.5. The summed E-state index contributed by atoms with van der Waals surface area (Å²) in [5.41, 5.74) is 2.48. The molecule has 2 aliphatic rings. The second kappa shape index (κ2) is 8.30. The second-order valence-electron chi connectivity index (χ2n) is 7.90. The number of rotatable bonds is 5. The first-order chi connectivity index (χ1) is 12.0. The van der Waals surface area contributed by atoms with Gasteiger partial charge in [0.25, 0.3) is 0 Å². The highest BCUT2D eigenvalue weighted by atomic mass is 16.5. The molecular weight excluding hydrogens is 314 g/mol. The van der Waals surface area contributed by atoms with Gasteiger partial charge in [0, 0.05) is 26.2 Å². The second-order valence-corrected chi connectivity index (χ2v) is 7.90. The number of nitrogens with zero attached hydrogens (tertiary/aromatic N) is 1. The Balaban J connectivity index is 1.48. The van der Waals surface area contributed by atoms with Gasteiger partial charge >= 0.3 is 0 Å². The maximum atomic E-state index is 12.5. The van der Waals surface area contributed by atoms with Gasteiger partial charge in [-0.1, -0.05) is 38.1 Å². The molecular formula is C20H31N3O2. The first-order valence-electron chi connectivity index (χ1n) is 9.44. The van der Waals surface area contributed by atoms with Crippen LogP contribution in [0, 0.1) is 5.41 Å². The molecule has 2 aliphatic heterocycles. The van der Waals surface area contributed by atoms with Crippen molar-refractivity contribution in [3.8, 4) is 0 Å². The molecule has 5 heteroatoms. The molecule has 1 aromatic carbocycles. The van der Waals surface area contributed by atoms with E-state index in [1.54, 1.807) is 0 Å². The van der Waals surface area contributed by atoms with Gasteiger partial charge in [0.05, 0.1) is 19.3 Å². The number of hydrogen-bond donors (Lipinski definition) is 2. The molecule has 0 bridgehead atoms. The van der Waals surface area contributed by atoms with Crippen molar-refractivity contribution in [1.29, 1.82) is 0 Å². The van der Waals surface area contributed by atoms with E-state index in [4.69, 9.17) is 4.74 Å². The number of nitrogens with one attached hydrogen (secondary N) is 2. The molecule has 2 heterocycles. The van der Waals surface area contributed by atoms with Gasteiger partial charge in [-0.05, 0) is 35.9 Å². The molecule has 2 fully saturated rings. The molecule has 3 rings (SSSR count). The van der Waals surface area contributed by atoms with Crippen molar-refractivity contribution < 1.29 is 9.53 Å². The summed E-state index contributed by atoms with van der Waals surface area (Å²) in [5.74, 6) is 0.113. The number of amides is 1. The summed E-state index contributed by atoms with van der Waals surface area (Å²) in [5, 5.41) is 6.47. The largest absolute Gasteiger partial charge is 0.379 e. The average molecular weight is 345 g/mol. The maximum absolute atomic E-state index is 12.5. The van der Waals surface area contributed by atoms with Crippen LogP contribution in [-0.4, -0.2) is 49.7 Å². The number of carbonyl (C=O) groups is 1. The van der Waals surface area contributed by atoms with Crippen molar-refractivity contribution in [3.63, 3.8) is 0 Å². The third-order valence-electron chi connectivity index (χ3n) is 5.39. The Bertz CT molecular complexity index is 565. The van der Waals surface area contributed by atoms with Gasteiger partial charge in [-0.3, -0.25) is 9.69 Å². The summed E-state index contributed by atoms with van der Waals surface area (Å²) in [7, 11) is 0. The smallest absolute Gasteiger partial charge is 0.237 e. The number of carbonyl (C=O) groups excluding carboxylic acids is 1. The molecule has 0 aliphatic carbocycles. The fourth-order valence-corrected chi connectivity index (χ4v) is 3.73. The molecule has 2 N–H and O–H groups in total. The van der Waals surface area contributed by atoms with Crippen LogP contribution in [0.25, 0.3) is 0 Å². The lowest BCUT2D eigenvalue weighted by Crippen LogP contribution is -2.55. The Morgan fingerprint density at radius 3 is 2.60 bits per heavy atom. The van der Waals surface area contributed by atoms with Gasteiger partial charge in [0.1, 0.15) is 0 Å². The molecule has 1 amide bonds. The Morgan fingerprint density at radius 1 is 1.24 bits per heavy atom. The van der Waals surface area contributed by atoms with Crippen molar-refractivity contribution in [2.24, 2.45) is 5.41 Å². The van der Waals surface area contributed by atoms with Crippen LogP contribution >= 0.6 is 0 Å². The minimum atomic E-state index is -0.0955. The molecule has 1 unspecified atom stereocenters. The van der Waals surface area contributed by atoms with E-state index in [1.807, 2.05) is 0 Å². The van der Waals surface area contributed by atoms with Crippen LogP contribution < -0.4 is 10.6 Å². The number of morpholine rings is 1. The molecule has 1 aromatic rings. The third-order valence-corrected chi connectivity index (χ3v) is 5.39. The number of hydrogen-bond acceptors (Lipinski definition) is 4. The molecule has 0 saturated carbocycles. The summed E-state index contributed by atoms with van der Waals surface area (Å²) >= 11 is 0. The van der Waals surface area contributed by atoms with Gasteiger partial charge in [0.2, 0.25) is 5.91 Å². The summed E-state index contributed by atoms with van der Waals surface area (Å²) in [4.78, 5) is 14.9. The monoisotopic (exact) mass is 345 g/mol. The van der Waals surface area contributed by atoms with E-state index < -0.39 is 0 Å². The molecule has 1 atom stereocenters. The van der Waals surface area contributed by atoms with Gasteiger partial charge in [-0.25, -0.2) is 0 Å². The Labute approximate surface area is 151 Å². The van der Waals surface area contributed by atoms with Crippen molar-refractivity contribution in [2.45, 2.75) is 45.8 Å². The van der Waals surface area contributed by atoms with Gasteiger partial charge in [-0.15, -0.1) is 0 Å². The van der Waals surface area contributed by atoms with E-state index in [2.05, 4.69) is 53.6 Å². The Morgan fingerprint density at radius 2 is 1.92 bits per heavy atom. The topological polar surface area (TPSA) is 53.6 Å². The lowest BCUT2D eigenvalue weighted by atomic mass is 9.77. The molecule has 25 heavy (non-hydrogen) atoms. The summed E-state index contributed by atoms with van der Waals surface area (Å²) in [6, 6.07) is 8.48. The van der Waals surface area contributed by atoms with E-state index in [-0.39, 0.29) is 17.4 Å². The van der Waals surface area contributed by atoms with Gasteiger partial charge in [0.15, 0.2) is 0 Å². The zero-order valence-corrected chi connectivity index (χ0v) is 15.5. The van der Waals surface area contributed by atoms with Gasteiger partial charge in [-0.2, -0.15) is 0 Å². The highest BCUT2D eigenvalue weighted by molar-refractivity contribution is 5.82. The minimum absolute atomic E-state index is 0.0182. The minimum Gasteiger partial charge on any atom is -0.379 e. The molecule has 2 saturated heterocycles. The fraction of sp³-hybridized carbons (Fsp3) is 0.650. The summed E-state index contributed by atoms with van der Waals surface area (Å²) in [6.45, 7) is 10.5. The first kappa shape index (κ1) is 18.4. The van der Waals surface area contributed by atoms with Crippen LogP contribution in [-0.2, 0) is 22.6 Å². The lowest BCUT2D eigenvalue weighted by Gasteiger charge is -2.38. The summed E-state index contributed by atoms with van der Waals surface area (Å²) in [6.07, 6.45) is 2.23. The maximum Gasteiger partial charge on any atom is 0.237 e. The highest BCUT2D eigenvalue weighted by Crippen LogP contribution is 2.30. The Hall–Kier alpha value is -1.43. The predicted molar refractivity (Wildman–Crippen MR) is 99.2 cm³/mol. The van der Waals surface area contributed by atoms with Crippen LogP contribution in [0.3, 0.4) is 0 Å². The van der Waals surface area contributed by atoms with Crippen LogP contribution in [0.15, 0.2) is 24.3 Å². The third kappa shape index (κ3) is 5.03. The number of ether oxygens (including phenoxy) is 1. The lowest BCUT2D eigenvalue weighted by molar-refractivity contribution is -0.126. The summed E-state index contributed by atoms with van der Waals surface area (Å²) < 4.78 is 5.39. The average Bonchev–Trinajstić information content (AvgIpc) is 2.61. The van der Waals surface area contributed by atoms with Crippen LogP contribution in [0.5, 0.6) is 0 Å².